The first-order valence-electron chi connectivity index (χ1n) is 6.68. The molecular weight excluding hydrogens is 332 g/mol. The molecule has 0 aromatic heterocycles. The highest BCUT2D eigenvalue weighted by molar-refractivity contribution is 6.33. The van der Waals surface area contributed by atoms with Crippen LogP contribution in [0, 0.1) is 5.82 Å². The zero-order valence-corrected chi connectivity index (χ0v) is 13.7. The van der Waals surface area contributed by atoms with Crippen molar-refractivity contribution in [3.63, 3.8) is 0 Å². The van der Waals surface area contributed by atoms with E-state index in [-0.39, 0.29) is 35.4 Å². The van der Waals surface area contributed by atoms with Crippen molar-refractivity contribution in [2.24, 2.45) is 0 Å². The lowest BCUT2D eigenvalue weighted by Gasteiger charge is -2.29. The molecule has 1 aromatic carbocycles. The molecule has 22 heavy (non-hydrogen) atoms. The van der Waals surface area contributed by atoms with Crippen molar-refractivity contribution >= 4 is 35.8 Å². The molecule has 0 atom stereocenters. The fourth-order valence-electron chi connectivity index (χ4n) is 2.18. The van der Waals surface area contributed by atoms with Crippen LogP contribution in [0.3, 0.4) is 0 Å². The lowest BCUT2D eigenvalue weighted by atomic mass is 10.2. The fraction of sp³-hybridized carbons (Fsp3) is 0.429. The average Bonchev–Trinajstić information content (AvgIpc) is 2.47. The van der Waals surface area contributed by atoms with Crippen molar-refractivity contribution in [3.8, 4) is 0 Å². The SMILES string of the molecule is CN(CC(=O)N1CCNCC1)C(=O)c1c(F)cccc1Cl.Cl. The number of carbonyl (C=O) groups excluding carboxylic acids is 2. The quantitative estimate of drug-likeness (QED) is 0.897. The van der Waals surface area contributed by atoms with Gasteiger partial charge in [-0.15, -0.1) is 12.4 Å². The highest BCUT2D eigenvalue weighted by Gasteiger charge is 2.23. The topological polar surface area (TPSA) is 52.7 Å². The Morgan fingerprint density at radius 3 is 2.59 bits per heavy atom. The lowest BCUT2D eigenvalue weighted by molar-refractivity contribution is -0.132. The summed E-state index contributed by atoms with van der Waals surface area (Å²) in [6.45, 7) is 2.61. The maximum absolute atomic E-state index is 13.7. The molecule has 0 bridgehead atoms. The Balaban J connectivity index is 0.00000242. The van der Waals surface area contributed by atoms with Gasteiger partial charge in [0.1, 0.15) is 5.82 Å². The Bertz CT molecular complexity index is 531. The number of piperazine rings is 1. The van der Waals surface area contributed by atoms with Crippen molar-refractivity contribution in [3.05, 3.63) is 34.6 Å². The molecule has 0 radical (unpaired) electrons. The Morgan fingerprint density at radius 1 is 1.36 bits per heavy atom. The Kier molecular flexibility index (Phi) is 7.06. The summed E-state index contributed by atoms with van der Waals surface area (Å²) in [5, 5.41) is 3.19. The molecule has 0 unspecified atom stereocenters. The van der Waals surface area contributed by atoms with Crippen molar-refractivity contribution in [1.29, 1.82) is 0 Å². The van der Waals surface area contributed by atoms with Crippen LogP contribution in [0.25, 0.3) is 0 Å². The number of likely N-dealkylation sites (N-methyl/N-ethyl adjacent to an activating group) is 1. The number of benzene rings is 1. The largest absolute Gasteiger partial charge is 0.339 e. The van der Waals surface area contributed by atoms with Gasteiger partial charge in [0.2, 0.25) is 5.91 Å². The van der Waals surface area contributed by atoms with Gasteiger partial charge >= 0.3 is 0 Å². The standard InChI is InChI=1S/C14H17ClFN3O2.ClH/c1-18(9-12(20)19-7-5-17-6-8-19)14(21)13-10(15)3-2-4-11(13)16;/h2-4,17H,5-9H2,1H3;1H. The summed E-state index contributed by atoms with van der Waals surface area (Å²) in [5.41, 5.74) is -0.199. The number of nitrogens with zero attached hydrogens (tertiary/aromatic N) is 2. The lowest BCUT2D eigenvalue weighted by Crippen LogP contribution is -2.49. The van der Waals surface area contributed by atoms with Gasteiger partial charge in [-0.25, -0.2) is 4.39 Å². The van der Waals surface area contributed by atoms with Crippen molar-refractivity contribution in [1.82, 2.24) is 15.1 Å². The molecule has 1 aliphatic heterocycles. The van der Waals surface area contributed by atoms with Gasteiger partial charge in [0.05, 0.1) is 17.1 Å². The maximum atomic E-state index is 13.7. The Labute approximate surface area is 139 Å². The molecule has 1 aliphatic rings. The molecule has 0 spiro atoms. The average molecular weight is 350 g/mol. The van der Waals surface area contributed by atoms with Crippen LogP contribution in [0.5, 0.6) is 0 Å². The van der Waals surface area contributed by atoms with Gasteiger partial charge < -0.3 is 15.1 Å². The first-order chi connectivity index (χ1) is 10.0. The van der Waals surface area contributed by atoms with Crippen LogP contribution in [0.1, 0.15) is 10.4 Å². The number of hydrogen-bond acceptors (Lipinski definition) is 3. The van der Waals surface area contributed by atoms with E-state index in [2.05, 4.69) is 5.32 Å². The second kappa shape index (κ2) is 8.31. The number of hydrogen-bond donors (Lipinski definition) is 1. The third-order valence-electron chi connectivity index (χ3n) is 3.37. The van der Waals surface area contributed by atoms with E-state index in [1.54, 1.807) is 4.90 Å². The summed E-state index contributed by atoms with van der Waals surface area (Å²) < 4.78 is 13.7. The number of halogens is 3. The van der Waals surface area contributed by atoms with E-state index in [0.717, 1.165) is 13.1 Å². The second-order valence-corrected chi connectivity index (χ2v) is 5.30. The molecule has 2 amide bonds. The van der Waals surface area contributed by atoms with E-state index in [9.17, 15) is 14.0 Å². The third kappa shape index (κ3) is 4.32. The molecule has 2 rings (SSSR count). The predicted molar refractivity (Wildman–Crippen MR) is 85.1 cm³/mol. The Hall–Kier alpha value is -1.37. The van der Waals surface area contributed by atoms with Crippen LogP contribution in [0.15, 0.2) is 18.2 Å². The molecule has 8 heteroatoms. The molecule has 1 N–H and O–H groups in total. The minimum Gasteiger partial charge on any atom is -0.339 e. The molecule has 1 aromatic rings. The number of nitrogens with one attached hydrogen (secondary N) is 1. The fourth-order valence-corrected chi connectivity index (χ4v) is 2.43. The third-order valence-corrected chi connectivity index (χ3v) is 3.68. The predicted octanol–water partition coefficient (Wildman–Crippen LogP) is 1.40. The van der Waals surface area contributed by atoms with Crippen LogP contribution in [-0.2, 0) is 4.79 Å². The van der Waals surface area contributed by atoms with E-state index in [1.165, 1.54) is 30.1 Å². The summed E-state index contributed by atoms with van der Waals surface area (Å²) in [7, 11) is 1.46. The summed E-state index contributed by atoms with van der Waals surface area (Å²) in [6, 6.07) is 4.05. The van der Waals surface area contributed by atoms with Crippen LogP contribution in [0.4, 0.5) is 4.39 Å². The normalized spacial score (nSPS) is 14.2. The maximum Gasteiger partial charge on any atom is 0.258 e. The van der Waals surface area contributed by atoms with Crippen LogP contribution in [0.2, 0.25) is 5.02 Å². The zero-order valence-electron chi connectivity index (χ0n) is 12.1. The highest BCUT2D eigenvalue weighted by atomic mass is 35.5. The van der Waals surface area contributed by atoms with Gasteiger partial charge in [-0.3, -0.25) is 9.59 Å². The zero-order chi connectivity index (χ0) is 15.4. The molecule has 0 saturated carbocycles. The van der Waals surface area contributed by atoms with E-state index in [4.69, 9.17) is 11.6 Å². The number of rotatable bonds is 3. The van der Waals surface area contributed by atoms with Crippen LogP contribution < -0.4 is 5.32 Å². The smallest absolute Gasteiger partial charge is 0.258 e. The summed E-state index contributed by atoms with van der Waals surface area (Å²) in [4.78, 5) is 27.2. The van der Waals surface area contributed by atoms with Crippen LogP contribution in [-0.4, -0.2) is 61.4 Å². The van der Waals surface area contributed by atoms with Gasteiger partial charge in [0.15, 0.2) is 0 Å². The molecule has 1 saturated heterocycles. The van der Waals surface area contributed by atoms with Crippen molar-refractivity contribution in [2.45, 2.75) is 0 Å². The van der Waals surface area contributed by atoms with E-state index in [0.29, 0.717) is 13.1 Å². The minimum atomic E-state index is -0.686. The molecule has 5 nitrogen and oxygen atoms in total. The van der Waals surface area contributed by atoms with Crippen molar-refractivity contribution in [2.75, 3.05) is 39.8 Å². The molecule has 1 fully saturated rings. The monoisotopic (exact) mass is 349 g/mol. The van der Waals surface area contributed by atoms with E-state index < -0.39 is 11.7 Å². The highest BCUT2D eigenvalue weighted by Crippen LogP contribution is 2.20. The molecule has 122 valence electrons. The van der Waals surface area contributed by atoms with E-state index in [1.807, 2.05) is 0 Å². The number of carbonyl (C=O) groups is 2. The second-order valence-electron chi connectivity index (χ2n) is 4.89. The number of amides is 2. The van der Waals surface area contributed by atoms with Crippen LogP contribution >= 0.6 is 24.0 Å². The van der Waals surface area contributed by atoms with Gasteiger partial charge in [0, 0.05) is 33.2 Å². The first-order valence-corrected chi connectivity index (χ1v) is 7.06. The van der Waals surface area contributed by atoms with Gasteiger partial charge in [-0.2, -0.15) is 0 Å². The van der Waals surface area contributed by atoms with Gasteiger partial charge in [0.25, 0.3) is 5.91 Å². The summed E-state index contributed by atoms with van der Waals surface area (Å²) in [6.07, 6.45) is 0. The molecule has 1 heterocycles. The van der Waals surface area contributed by atoms with E-state index >= 15 is 0 Å². The van der Waals surface area contributed by atoms with Crippen molar-refractivity contribution < 1.29 is 14.0 Å². The van der Waals surface area contributed by atoms with Gasteiger partial charge in [-0.1, -0.05) is 17.7 Å². The summed E-state index contributed by atoms with van der Waals surface area (Å²) in [5.74, 6) is -1.43. The Morgan fingerprint density at radius 2 is 2.00 bits per heavy atom. The molecule has 0 aliphatic carbocycles. The first kappa shape index (κ1) is 18.7. The minimum absolute atomic E-state index is 0. The molecular formula is C14H18Cl2FN3O2. The summed E-state index contributed by atoms with van der Waals surface area (Å²) >= 11 is 5.86. The van der Waals surface area contributed by atoms with Gasteiger partial charge in [-0.05, 0) is 12.1 Å².